The number of nitrogens with one attached hydrogen (secondary N) is 1. The molecule has 27 heavy (non-hydrogen) atoms. The molecule has 0 spiro atoms. The van der Waals surface area contributed by atoms with Crippen LogP contribution in [0.15, 0.2) is 46.9 Å². The zero-order valence-corrected chi connectivity index (χ0v) is 16.1. The summed E-state index contributed by atoms with van der Waals surface area (Å²) >= 11 is 3.04. The van der Waals surface area contributed by atoms with Crippen LogP contribution in [0.25, 0.3) is 10.7 Å². The average Bonchev–Trinajstić information content (AvgIpc) is 3.31. The van der Waals surface area contributed by atoms with Gasteiger partial charge in [-0.05, 0) is 24.4 Å². The van der Waals surface area contributed by atoms with Crippen molar-refractivity contribution in [2.45, 2.75) is 25.0 Å². The molecule has 0 aliphatic heterocycles. The molecule has 1 aromatic carbocycles. The number of nitro groups is 1. The molecular weight excluding hydrogens is 386 g/mol. The van der Waals surface area contributed by atoms with Gasteiger partial charge < -0.3 is 9.88 Å². The van der Waals surface area contributed by atoms with E-state index in [1.807, 2.05) is 29.0 Å². The largest absolute Gasteiger partial charge is 0.320 e. The van der Waals surface area contributed by atoms with Crippen LogP contribution in [0.5, 0.6) is 0 Å². The third-order valence-corrected chi connectivity index (χ3v) is 5.54. The number of nitrogens with zero attached hydrogens (tertiary/aromatic N) is 4. The van der Waals surface area contributed by atoms with Crippen LogP contribution in [0.2, 0.25) is 0 Å². The standard InChI is InChI=1S/C17H17N5O3S2/c1-2-21-16(14-8-5-10-26-14)19-20-17(21)27-11-9-15(23)18-12-6-3-4-7-13(12)22(24)25/h3-8,10H,2,9,11H2,1H3,(H,18,23). The van der Waals surface area contributed by atoms with Crippen LogP contribution in [-0.4, -0.2) is 31.3 Å². The molecule has 1 amide bonds. The Hall–Kier alpha value is -2.72. The SMILES string of the molecule is CCn1c(SCCC(=O)Nc2ccccc2[N+](=O)[O-])nnc1-c1cccs1. The summed E-state index contributed by atoms with van der Waals surface area (Å²) < 4.78 is 2.01. The van der Waals surface area contributed by atoms with E-state index >= 15 is 0 Å². The molecule has 0 fully saturated rings. The molecule has 3 rings (SSSR count). The Balaban J connectivity index is 1.59. The van der Waals surface area contributed by atoms with Crippen molar-refractivity contribution in [3.63, 3.8) is 0 Å². The second kappa shape index (κ2) is 8.78. The molecule has 140 valence electrons. The van der Waals surface area contributed by atoms with Crippen molar-refractivity contribution >= 4 is 40.4 Å². The number of amides is 1. The zero-order valence-electron chi connectivity index (χ0n) is 14.5. The molecule has 0 saturated heterocycles. The summed E-state index contributed by atoms with van der Waals surface area (Å²) in [5.41, 5.74) is 0.0824. The van der Waals surface area contributed by atoms with E-state index in [0.717, 1.165) is 22.4 Å². The minimum absolute atomic E-state index is 0.121. The van der Waals surface area contributed by atoms with Crippen molar-refractivity contribution < 1.29 is 9.72 Å². The summed E-state index contributed by atoms with van der Waals surface area (Å²) in [5.74, 6) is 1.03. The van der Waals surface area contributed by atoms with E-state index in [4.69, 9.17) is 0 Å². The monoisotopic (exact) mass is 403 g/mol. The smallest absolute Gasteiger partial charge is 0.292 e. The van der Waals surface area contributed by atoms with E-state index in [2.05, 4.69) is 15.5 Å². The Labute approximate surface area is 163 Å². The van der Waals surface area contributed by atoms with Gasteiger partial charge in [-0.1, -0.05) is 30.0 Å². The minimum Gasteiger partial charge on any atom is -0.320 e. The first kappa shape index (κ1) is 19.1. The lowest BCUT2D eigenvalue weighted by Gasteiger charge is -2.07. The summed E-state index contributed by atoms with van der Waals surface area (Å²) in [6.07, 6.45) is 0.210. The maximum atomic E-state index is 12.1. The highest BCUT2D eigenvalue weighted by molar-refractivity contribution is 7.99. The van der Waals surface area contributed by atoms with Crippen LogP contribution < -0.4 is 5.32 Å². The van der Waals surface area contributed by atoms with Crippen molar-refractivity contribution in [2.75, 3.05) is 11.1 Å². The quantitative estimate of drug-likeness (QED) is 0.346. The fourth-order valence-electron chi connectivity index (χ4n) is 2.45. The molecule has 0 aliphatic rings. The van der Waals surface area contributed by atoms with Crippen LogP contribution in [0, 0.1) is 10.1 Å². The number of nitro benzene ring substituents is 1. The summed E-state index contributed by atoms with van der Waals surface area (Å²) in [7, 11) is 0. The lowest BCUT2D eigenvalue weighted by molar-refractivity contribution is -0.383. The topological polar surface area (TPSA) is 103 Å². The summed E-state index contributed by atoms with van der Waals surface area (Å²) in [4.78, 5) is 23.7. The highest BCUT2D eigenvalue weighted by Crippen LogP contribution is 2.28. The van der Waals surface area contributed by atoms with Gasteiger partial charge in [0.25, 0.3) is 5.69 Å². The Bertz CT molecular complexity index is 940. The number of thioether (sulfide) groups is 1. The molecule has 1 N–H and O–H groups in total. The lowest BCUT2D eigenvalue weighted by Crippen LogP contribution is -2.13. The summed E-state index contributed by atoms with van der Waals surface area (Å²) in [6, 6.07) is 10.0. The number of aromatic nitrogens is 3. The number of thiophene rings is 1. The normalized spacial score (nSPS) is 10.7. The van der Waals surface area contributed by atoms with Crippen LogP contribution in [-0.2, 0) is 11.3 Å². The molecule has 0 bridgehead atoms. The van der Waals surface area contributed by atoms with Gasteiger partial charge in [-0.15, -0.1) is 21.5 Å². The molecule has 0 aliphatic carbocycles. The number of hydrogen-bond acceptors (Lipinski definition) is 7. The van der Waals surface area contributed by atoms with Gasteiger partial charge in [0.1, 0.15) is 5.69 Å². The van der Waals surface area contributed by atoms with E-state index in [-0.39, 0.29) is 23.7 Å². The molecule has 3 aromatic rings. The van der Waals surface area contributed by atoms with Crippen LogP contribution in [0.1, 0.15) is 13.3 Å². The molecule has 0 radical (unpaired) electrons. The number of anilines is 1. The highest BCUT2D eigenvalue weighted by atomic mass is 32.2. The van der Waals surface area contributed by atoms with Gasteiger partial charge in [0, 0.05) is 24.8 Å². The van der Waals surface area contributed by atoms with Crippen molar-refractivity contribution in [3.8, 4) is 10.7 Å². The first-order chi connectivity index (χ1) is 13.1. The third kappa shape index (κ3) is 4.52. The van der Waals surface area contributed by atoms with E-state index in [1.165, 1.54) is 23.9 Å². The van der Waals surface area contributed by atoms with E-state index in [9.17, 15) is 14.9 Å². The first-order valence-corrected chi connectivity index (χ1v) is 10.1. The summed E-state index contributed by atoms with van der Waals surface area (Å²) in [6.45, 7) is 2.75. The minimum atomic E-state index is -0.514. The van der Waals surface area contributed by atoms with Crippen LogP contribution in [0.3, 0.4) is 0 Å². The van der Waals surface area contributed by atoms with Gasteiger partial charge in [-0.3, -0.25) is 14.9 Å². The molecule has 2 aromatic heterocycles. The third-order valence-electron chi connectivity index (χ3n) is 3.71. The van der Waals surface area contributed by atoms with Gasteiger partial charge >= 0.3 is 0 Å². The van der Waals surface area contributed by atoms with Gasteiger partial charge in [0.05, 0.1) is 9.80 Å². The van der Waals surface area contributed by atoms with Gasteiger partial charge in [-0.25, -0.2) is 0 Å². The highest BCUT2D eigenvalue weighted by Gasteiger charge is 2.16. The number of para-hydroxylation sites is 2. The van der Waals surface area contributed by atoms with Crippen molar-refractivity contribution in [1.29, 1.82) is 0 Å². The fourth-order valence-corrected chi connectivity index (χ4v) is 4.11. The van der Waals surface area contributed by atoms with E-state index in [0.29, 0.717) is 5.75 Å². The predicted octanol–water partition coefficient (Wildman–Crippen LogP) is 4.06. The van der Waals surface area contributed by atoms with Crippen molar-refractivity contribution in [3.05, 3.63) is 51.9 Å². The molecule has 10 heteroatoms. The number of rotatable bonds is 8. The molecule has 0 saturated carbocycles. The molecule has 8 nitrogen and oxygen atoms in total. The van der Waals surface area contributed by atoms with Crippen molar-refractivity contribution in [2.24, 2.45) is 0 Å². The van der Waals surface area contributed by atoms with Gasteiger partial charge in [-0.2, -0.15) is 0 Å². The Morgan fingerprint density at radius 3 is 2.81 bits per heavy atom. The average molecular weight is 403 g/mol. The lowest BCUT2D eigenvalue weighted by atomic mass is 10.2. The van der Waals surface area contributed by atoms with Crippen LogP contribution in [0.4, 0.5) is 11.4 Å². The maximum Gasteiger partial charge on any atom is 0.292 e. The molecule has 2 heterocycles. The number of hydrogen-bond donors (Lipinski definition) is 1. The Morgan fingerprint density at radius 1 is 1.30 bits per heavy atom. The van der Waals surface area contributed by atoms with Crippen LogP contribution >= 0.6 is 23.1 Å². The Morgan fingerprint density at radius 2 is 2.11 bits per heavy atom. The van der Waals surface area contributed by atoms with Crippen molar-refractivity contribution in [1.82, 2.24) is 14.8 Å². The zero-order chi connectivity index (χ0) is 19.2. The number of carbonyl (C=O) groups excluding carboxylic acids is 1. The Kier molecular flexibility index (Phi) is 6.20. The second-order valence-electron chi connectivity index (χ2n) is 5.45. The molecular formula is C17H17N5O3S2. The second-order valence-corrected chi connectivity index (χ2v) is 7.46. The number of benzene rings is 1. The van der Waals surface area contributed by atoms with Gasteiger partial charge in [0.15, 0.2) is 11.0 Å². The maximum absolute atomic E-state index is 12.1. The summed E-state index contributed by atoms with van der Waals surface area (Å²) in [5, 5.41) is 24.8. The molecule has 0 atom stereocenters. The van der Waals surface area contributed by atoms with E-state index < -0.39 is 4.92 Å². The van der Waals surface area contributed by atoms with E-state index in [1.54, 1.807) is 23.5 Å². The fraction of sp³-hybridized carbons (Fsp3) is 0.235. The first-order valence-electron chi connectivity index (χ1n) is 8.23. The van der Waals surface area contributed by atoms with Gasteiger partial charge in [0.2, 0.25) is 5.91 Å². The molecule has 0 unspecified atom stereocenters. The number of carbonyl (C=O) groups is 1. The predicted molar refractivity (Wildman–Crippen MR) is 106 cm³/mol.